The van der Waals surface area contributed by atoms with Crippen molar-refractivity contribution in [1.29, 1.82) is 0 Å². The first-order valence-electron chi connectivity index (χ1n) is 6.52. The molecule has 1 heterocycles. The van der Waals surface area contributed by atoms with Gasteiger partial charge in [0.15, 0.2) is 0 Å². The van der Waals surface area contributed by atoms with Crippen molar-refractivity contribution in [3.05, 3.63) is 16.4 Å². The fourth-order valence-electron chi connectivity index (χ4n) is 2.64. The van der Waals surface area contributed by atoms with Gasteiger partial charge in [0, 0.05) is 6.04 Å². The Kier molecular flexibility index (Phi) is 3.82. The van der Waals surface area contributed by atoms with Gasteiger partial charge < -0.3 is 11.1 Å². The van der Waals surface area contributed by atoms with Crippen molar-refractivity contribution >= 4 is 17.3 Å². The smallest absolute Gasteiger partial charge is 0.352 e. The minimum Gasteiger partial charge on any atom is -0.378 e. The summed E-state index contributed by atoms with van der Waals surface area (Å²) in [4.78, 5) is 18.1. The molecule has 0 aromatic carbocycles. The van der Waals surface area contributed by atoms with Gasteiger partial charge in [-0.05, 0) is 18.3 Å². The van der Waals surface area contributed by atoms with Gasteiger partial charge in [0.1, 0.15) is 6.33 Å². The topological polar surface area (TPSA) is 107 Å². The van der Waals surface area contributed by atoms with E-state index in [0.717, 1.165) is 12.8 Å². The first-order valence-corrected chi connectivity index (χ1v) is 6.52. The average molecular weight is 265 g/mol. The molecular formula is C12H19N5O2. The maximum atomic E-state index is 11.0. The number of anilines is 2. The van der Waals surface area contributed by atoms with Gasteiger partial charge in [-0.15, -0.1) is 0 Å². The van der Waals surface area contributed by atoms with E-state index in [1.54, 1.807) is 0 Å². The Balaban J connectivity index is 2.23. The van der Waals surface area contributed by atoms with Crippen molar-refractivity contribution in [2.45, 2.75) is 39.2 Å². The second kappa shape index (κ2) is 5.38. The van der Waals surface area contributed by atoms with Gasteiger partial charge in [-0.3, -0.25) is 10.1 Å². The summed E-state index contributed by atoms with van der Waals surface area (Å²) in [6, 6.07) is 0.191. The van der Waals surface area contributed by atoms with Gasteiger partial charge in [-0.2, -0.15) is 0 Å². The van der Waals surface area contributed by atoms with Crippen LogP contribution in [0.5, 0.6) is 0 Å². The quantitative estimate of drug-likeness (QED) is 0.641. The second-order valence-electron chi connectivity index (χ2n) is 5.23. The van der Waals surface area contributed by atoms with Crippen LogP contribution in [-0.4, -0.2) is 20.9 Å². The van der Waals surface area contributed by atoms with E-state index in [9.17, 15) is 10.1 Å². The first kappa shape index (κ1) is 13.5. The summed E-state index contributed by atoms with van der Waals surface area (Å²) >= 11 is 0. The van der Waals surface area contributed by atoms with E-state index in [1.807, 2.05) is 0 Å². The van der Waals surface area contributed by atoms with Crippen molar-refractivity contribution in [3.8, 4) is 0 Å². The highest BCUT2D eigenvalue weighted by atomic mass is 16.6. The summed E-state index contributed by atoms with van der Waals surface area (Å²) in [5.41, 5.74) is 5.33. The molecule has 0 bridgehead atoms. The lowest BCUT2D eigenvalue weighted by Crippen LogP contribution is -2.35. The van der Waals surface area contributed by atoms with Crippen molar-refractivity contribution < 1.29 is 4.92 Å². The monoisotopic (exact) mass is 265 g/mol. The Morgan fingerprint density at radius 2 is 2.16 bits per heavy atom. The summed E-state index contributed by atoms with van der Waals surface area (Å²) in [5.74, 6) is 1.18. The predicted octanol–water partition coefficient (Wildman–Crippen LogP) is 2.20. The van der Waals surface area contributed by atoms with Crippen LogP contribution in [0.25, 0.3) is 0 Å². The molecule has 1 aliphatic rings. The summed E-state index contributed by atoms with van der Waals surface area (Å²) in [6.45, 7) is 4.37. The van der Waals surface area contributed by atoms with Crippen molar-refractivity contribution in [1.82, 2.24) is 9.97 Å². The molecule has 3 N–H and O–H groups in total. The molecule has 0 amide bonds. The molecule has 7 heteroatoms. The highest BCUT2D eigenvalue weighted by Gasteiger charge is 2.30. The molecule has 0 aliphatic heterocycles. The number of nitrogens with one attached hydrogen (secondary N) is 1. The summed E-state index contributed by atoms with van der Waals surface area (Å²) in [7, 11) is 0. The average Bonchev–Trinajstić information content (AvgIpc) is 2.34. The third-order valence-electron chi connectivity index (χ3n) is 4.06. The summed E-state index contributed by atoms with van der Waals surface area (Å²) < 4.78 is 0. The van der Waals surface area contributed by atoms with Crippen LogP contribution in [0, 0.1) is 22.0 Å². The third-order valence-corrected chi connectivity index (χ3v) is 4.06. The molecule has 19 heavy (non-hydrogen) atoms. The van der Waals surface area contributed by atoms with Crippen LogP contribution < -0.4 is 11.1 Å². The van der Waals surface area contributed by atoms with Gasteiger partial charge in [0.2, 0.25) is 11.6 Å². The van der Waals surface area contributed by atoms with E-state index in [4.69, 9.17) is 5.73 Å². The Morgan fingerprint density at radius 1 is 1.42 bits per heavy atom. The SMILES string of the molecule is CC1CCCC(Nc2ncnc(N)c2[N+](=O)[O-])C1C. The number of rotatable bonds is 3. The molecule has 0 radical (unpaired) electrons. The number of nitrogens with two attached hydrogens (primary N) is 1. The van der Waals surface area contributed by atoms with Gasteiger partial charge in [0.25, 0.3) is 0 Å². The third kappa shape index (κ3) is 2.74. The fraction of sp³-hybridized carbons (Fsp3) is 0.667. The molecule has 1 saturated carbocycles. The number of aromatic nitrogens is 2. The van der Waals surface area contributed by atoms with Gasteiger partial charge in [0.05, 0.1) is 4.92 Å². The maximum Gasteiger partial charge on any atom is 0.352 e. The van der Waals surface area contributed by atoms with Crippen LogP contribution in [-0.2, 0) is 0 Å². The number of nitrogens with zero attached hydrogens (tertiary/aromatic N) is 3. The lowest BCUT2D eigenvalue weighted by atomic mass is 9.78. The van der Waals surface area contributed by atoms with Crippen molar-refractivity contribution in [3.63, 3.8) is 0 Å². The number of hydrogen-bond acceptors (Lipinski definition) is 6. The zero-order valence-electron chi connectivity index (χ0n) is 11.2. The van der Waals surface area contributed by atoms with E-state index in [1.165, 1.54) is 12.7 Å². The summed E-state index contributed by atoms with van der Waals surface area (Å²) in [6.07, 6.45) is 4.57. The molecule has 7 nitrogen and oxygen atoms in total. The number of nitro groups is 1. The fourth-order valence-corrected chi connectivity index (χ4v) is 2.64. The van der Waals surface area contributed by atoms with Crippen LogP contribution >= 0.6 is 0 Å². The van der Waals surface area contributed by atoms with E-state index in [0.29, 0.717) is 11.8 Å². The van der Waals surface area contributed by atoms with Gasteiger partial charge >= 0.3 is 5.69 Å². The zero-order chi connectivity index (χ0) is 14.0. The lowest BCUT2D eigenvalue weighted by Gasteiger charge is -2.34. The van der Waals surface area contributed by atoms with E-state index in [-0.39, 0.29) is 23.4 Å². The molecule has 104 valence electrons. The molecule has 3 atom stereocenters. The highest BCUT2D eigenvalue weighted by molar-refractivity contribution is 5.67. The molecule has 0 spiro atoms. The van der Waals surface area contributed by atoms with Crippen molar-refractivity contribution in [2.75, 3.05) is 11.1 Å². The van der Waals surface area contributed by atoms with E-state index in [2.05, 4.69) is 29.1 Å². The lowest BCUT2D eigenvalue weighted by molar-refractivity contribution is -0.383. The Hall–Kier alpha value is -1.92. The van der Waals surface area contributed by atoms with Gasteiger partial charge in [-0.25, -0.2) is 9.97 Å². The molecule has 1 aromatic rings. The normalized spacial score (nSPS) is 26.9. The first-order chi connectivity index (χ1) is 9.00. The largest absolute Gasteiger partial charge is 0.378 e. The highest BCUT2D eigenvalue weighted by Crippen LogP contribution is 2.34. The number of nitrogen functional groups attached to an aromatic ring is 1. The Labute approximate surface area is 111 Å². The summed E-state index contributed by atoms with van der Waals surface area (Å²) in [5, 5.41) is 14.2. The van der Waals surface area contributed by atoms with Crippen LogP contribution in [0.2, 0.25) is 0 Å². The van der Waals surface area contributed by atoms with E-state index >= 15 is 0 Å². The molecule has 3 unspecified atom stereocenters. The molecular weight excluding hydrogens is 246 g/mol. The van der Waals surface area contributed by atoms with Crippen molar-refractivity contribution in [2.24, 2.45) is 11.8 Å². The number of hydrogen-bond donors (Lipinski definition) is 2. The zero-order valence-corrected chi connectivity index (χ0v) is 11.2. The molecule has 2 rings (SSSR count). The van der Waals surface area contributed by atoms with Gasteiger partial charge in [-0.1, -0.05) is 26.7 Å². The van der Waals surface area contributed by atoms with Crippen LogP contribution in [0.3, 0.4) is 0 Å². The van der Waals surface area contributed by atoms with Crippen LogP contribution in [0.1, 0.15) is 33.1 Å². The van der Waals surface area contributed by atoms with Crippen LogP contribution in [0.15, 0.2) is 6.33 Å². The second-order valence-corrected chi connectivity index (χ2v) is 5.23. The Morgan fingerprint density at radius 3 is 2.84 bits per heavy atom. The maximum absolute atomic E-state index is 11.0. The molecule has 1 aromatic heterocycles. The minimum atomic E-state index is -0.533. The molecule has 1 aliphatic carbocycles. The van der Waals surface area contributed by atoms with E-state index < -0.39 is 4.92 Å². The predicted molar refractivity (Wildman–Crippen MR) is 72.7 cm³/mol. The molecule has 1 fully saturated rings. The standard InChI is InChI=1S/C12H19N5O2/c1-7-4-3-5-9(8(7)2)16-12-10(17(18)19)11(13)14-6-15-12/h6-9H,3-5H2,1-2H3,(H3,13,14,15,16). The van der Waals surface area contributed by atoms with Crippen LogP contribution in [0.4, 0.5) is 17.3 Å². The molecule has 0 saturated heterocycles. The Bertz CT molecular complexity index is 479. The minimum absolute atomic E-state index is 0.0981.